The lowest BCUT2D eigenvalue weighted by molar-refractivity contribution is -0.128. The predicted molar refractivity (Wildman–Crippen MR) is 111 cm³/mol. The number of piperazine rings is 1. The lowest BCUT2D eigenvalue weighted by Gasteiger charge is -2.27. The molecule has 1 atom stereocenters. The van der Waals surface area contributed by atoms with Crippen molar-refractivity contribution in [1.29, 1.82) is 0 Å². The van der Waals surface area contributed by atoms with Crippen LogP contribution in [0.25, 0.3) is 0 Å². The number of carbonyl (C=O) groups is 2. The first-order valence-corrected chi connectivity index (χ1v) is 9.73. The van der Waals surface area contributed by atoms with Crippen molar-refractivity contribution in [2.24, 2.45) is 0 Å². The third-order valence-corrected chi connectivity index (χ3v) is 4.60. The maximum atomic E-state index is 12.4. The summed E-state index contributed by atoms with van der Waals surface area (Å²) in [7, 11) is 0. The highest BCUT2D eigenvalue weighted by molar-refractivity contribution is 5.88. The molecule has 3 N–H and O–H groups in total. The highest BCUT2D eigenvalue weighted by atomic mass is 35.5. The van der Waals surface area contributed by atoms with Crippen molar-refractivity contribution in [3.8, 4) is 0 Å². The minimum absolute atomic E-state index is 0. The molecule has 0 spiro atoms. The van der Waals surface area contributed by atoms with Crippen molar-refractivity contribution in [1.82, 2.24) is 20.9 Å². The van der Waals surface area contributed by atoms with Crippen LogP contribution in [0.3, 0.4) is 0 Å². The van der Waals surface area contributed by atoms with Gasteiger partial charge in [-0.25, -0.2) is 0 Å². The predicted octanol–water partition coefficient (Wildman–Crippen LogP) is 1.35. The van der Waals surface area contributed by atoms with Gasteiger partial charge < -0.3 is 20.9 Å². The Kier molecular flexibility index (Phi) is 11.7. The van der Waals surface area contributed by atoms with E-state index in [-0.39, 0.29) is 24.2 Å². The summed E-state index contributed by atoms with van der Waals surface area (Å²) in [6, 6.07) is 9.15. The molecule has 2 amide bonds. The average molecular weight is 397 g/mol. The molecule has 1 fully saturated rings. The molecule has 0 bridgehead atoms. The molecule has 0 aromatic heterocycles. The zero-order valence-electron chi connectivity index (χ0n) is 16.2. The van der Waals surface area contributed by atoms with Crippen LogP contribution in [0, 0.1) is 0 Å². The summed E-state index contributed by atoms with van der Waals surface area (Å²) in [6.45, 7) is 7.90. The van der Waals surface area contributed by atoms with Gasteiger partial charge in [0.2, 0.25) is 11.8 Å². The van der Waals surface area contributed by atoms with E-state index in [2.05, 4.69) is 20.9 Å². The van der Waals surface area contributed by atoms with Gasteiger partial charge in [0, 0.05) is 32.7 Å². The fraction of sp³-hybridized carbons (Fsp3) is 0.600. The van der Waals surface area contributed by atoms with E-state index in [1.807, 2.05) is 37.3 Å². The Hall–Kier alpha value is -1.63. The minimum atomic E-state index is -0.449. The Bertz CT molecular complexity index is 550. The topological polar surface area (TPSA) is 73.5 Å². The van der Waals surface area contributed by atoms with Gasteiger partial charge in [-0.05, 0) is 24.9 Å². The molecule has 0 aliphatic carbocycles. The number of halogens is 1. The van der Waals surface area contributed by atoms with Gasteiger partial charge in [0.1, 0.15) is 6.04 Å². The number of carbonyl (C=O) groups excluding carboxylic acids is 2. The number of rotatable bonds is 10. The molecule has 2 rings (SSSR count). The molecule has 1 unspecified atom stereocenters. The smallest absolute Gasteiger partial charge is 0.242 e. The molecule has 0 radical (unpaired) electrons. The molecule has 7 heteroatoms. The van der Waals surface area contributed by atoms with Gasteiger partial charge in [0.05, 0.1) is 6.42 Å². The van der Waals surface area contributed by atoms with E-state index in [1.165, 1.54) is 0 Å². The maximum Gasteiger partial charge on any atom is 0.242 e. The molecule has 0 saturated carbocycles. The van der Waals surface area contributed by atoms with Gasteiger partial charge in [0.15, 0.2) is 0 Å². The lowest BCUT2D eigenvalue weighted by Crippen LogP contribution is -2.48. The summed E-state index contributed by atoms with van der Waals surface area (Å²) < 4.78 is 0. The molecule has 6 nitrogen and oxygen atoms in total. The molecule has 152 valence electrons. The van der Waals surface area contributed by atoms with E-state index in [0.717, 1.165) is 51.1 Å². The van der Waals surface area contributed by atoms with Crippen LogP contribution in [0.5, 0.6) is 0 Å². The van der Waals surface area contributed by atoms with E-state index in [9.17, 15) is 9.59 Å². The summed E-state index contributed by atoms with van der Waals surface area (Å²) in [5.41, 5.74) is 0.955. The van der Waals surface area contributed by atoms with Crippen LogP contribution in [-0.2, 0) is 16.0 Å². The summed E-state index contributed by atoms with van der Waals surface area (Å²) in [6.07, 6.45) is 2.74. The molecule has 1 saturated heterocycles. The van der Waals surface area contributed by atoms with Gasteiger partial charge >= 0.3 is 0 Å². The van der Waals surface area contributed by atoms with Gasteiger partial charge in [0.25, 0.3) is 0 Å². The van der Waals surface area contributed by atoms with E-state index < -0.39 is 6.04 Å². The van der Waals surface area contributed by atoms with E-state index in [1.54, 1.807) is 0 Å². The Labute approximate surface area is 168 Å². The third kappa shape index (κ3) is 9.22. The van der Waals surface area contributed by atoms with Crippen molar-refractivity contribution in [3.05, 3.63) is 35.9 Å². The third-order valence-electron chi connectivity index (χ3n) is 4.60. The van der Waals surface area contributed by atoms with Crippen molar-refractivity contribution < 1.29 is 9.59 Å². The maximum absolute atomic E-state index is 12.4. The van der Waals surface area contributed by atoms with E-state index in [0.29, 0.717) is 19.4 Å². The lowest BCUT2D eigenvalue weighted by atomic mass is 10.1. The van der Waals surface area contributed by atoms with Crippen LogP contribution >= 0.6 is 12.4 Å². The highest BCUT2D eigenvalue weighted by Gasteiger charge is 2.19. The average Bonchev–Trinajstić information content (AvgIpc) is 2.66. The summed E-state index contributed by atoms with van der Waals surface area (Å²) in [4.78, 5) is 27.1. The number of nitrogens with zero attached hydrogens (tertiary/aromatic N) is 1. The fourth-order valence-electron chi connectivity index (χ4n) is 3.16. The molecule has 1 aromatic rings. The second-order valence-electron chi connectivity index (χ2n) is 6.81. The summed E-state index contributed by atoms with van der Waals surface area (Å²) >= 11 is 0. The van der Waals surface area contributed by atoms with E-state index in [4.69, 9.17) is 0 Å². The fourth-order valence-corrected chi connectivity index (χ4v) is 3.16. The van der Waals surface area contributed by atoms with Gasteiger partial charge in [-0.2, -0.15) is 0 Å². The zero-order chi connectivity index (χ0) is 18.6. The van der Waals surface area contributed by atoms with Gasteiger partial charge in [-0.15, -0.1) is 12.4 Å². The van der Waals surface area contributed by atoms with Crippen LogP contribution in [0.4, 0.5) is 0 Å². The molecule has 27 heavy (non-hydrogen) atoms. The monoisotopic (exact) mass is 396 g/mol. The number of amides is 2. The number of benzene rings is 1. The molecule has 1 aliphatic heterocycles. The second-order valence-corrected chi connectivity index (χ2v) is 6.81. The first-order valence-electron chi connectivity index (χ1n) is 9.73. The van der Waals surface area contributed by atoms with Crippen LogP contribution in [-0.4, -0.2) is 62.0 Å². The number of hydrogen-bond donors (Lipinski definition) is 3. The number of nitrogens with one attached hydrogen (secondary N) is 3. The van der Waals surface area contributed by atoms with Crippen molar-refractivity contribution >= 4 is 24.2 Å². The Morgan fingerprint density at radius 2 is 1.89 bits per heavy atom. The van der Waals surface area contributed by atoms with Gasteiger partial charge in [-0.3, -0.25) is 9.59 Å². The molecule has 1 heterocycles. The summed E-state index contributed by atoms with van der Waals surface area (Å²) in [5.74, 6) is -0.181. The highest BCUT2D eigenvalue weighted by Crippen LogP contribution is 2.02. The Balaban J connectivity index is 0.00000364. The Morgan fingerprint density at radius 3 is 2.56 bits per heavy atom. The van der Waals surface area contributed by atoms with Crippen LogP contribution in [0.1, 0.15) is 31.7 Å². The molecule has 1 aromatic carbocycles. The SMILES string of the molecule is CCCC(NC(=O)Cc1ccccc1)C(=O)NCCCN1CCNCC1.Cl. The first-order chi connectivity index (χ1) is 12.7. The molecular formula is C20H33ClN4O2. The minimum Gasteiger partial charge on any atom is -0.354 e. The van der Waals surface area contributed by atoms with Gasteiger partial charge in [-0.1, -0.05) is 43.7 Å². The normalized spacial score (nSPS) is 15.4. The largest absolute Gasteiger partial charge is 0.354 e. The quantitative estimate of drug-likeness (QED) is 0.522. The Morgan fingerprint density at radius 1 is 1.19 bits per heavy atom. The van der Waals surface area contributed by atoms with Crippen LogP contribution < -0.4 is 16.0 Å². The van der Waals surface area contributed by atoms with Crippen LogP contribution in [0.15, 0.2) is 30.3 Å². The van der Waals surface area contributed by atoms with E-state index >= 15 is 0 Å². The van der Waals surface area contributed by atoms with Crippen molar-refractivity contribution in [3.63, 3.8) is 0 Å². The second kappa shape index (κ2) is 13.5. The molecule has 1 aliphatic rings. The zero-order valence-corrected chi connectivity index (χ0v) is 17.0. The molecular weight excluding hydrogens is 364 g/mol. The first kappa shape index (κ1) is 23.4. The summed E-state index contributed by atoms with van der Waals surface area (Å²) in [5, 5.41) is 9.20. The van der Waals surface area contributed by atoms with Crippen LogP contribution in [0.2, 0.25) is 0 Å². The van der Waals surface area contributed by atoms with Crippen molar-refractivity contribution in [2.75, 3.05) is 39.3 Å². The standard InChI is InChI=1S/C20H32N4O2.ClH/c1-2-7-18(23-19(25)16-17-8-4-3-5-9-17)20(26)22-10-6-13-24-14-11-21-12-15-24;/h3-5,8-9,18,21H,2,6-7,10-16H2,1H3,(H,22,26)(H,23,25);1H. The number of hydrogen-bond acceptors (Lipinski definition) is 4. The van der Waals surface area contributed by atoms with Crippen molar-refractivity contribution in [2.45, 2.75) is 38.6 Å².